The van der Waals surface area contributed by atoms with Gasteiger partial charge in [-0.25, -0.2) is 0 Å². The van der Waals surface area contributed by atoms with E-state index in [1.165, 1.54) is 0 Å². The minimum absolute atomic E-state index is 0.114. The molecule has 1 amide bonds. The molecule has 35 heavy (non-hydrogen) atoms. The number of unbranched alkanes of at least 4 members (excludes halogenated alkanes) is 1. The Kier molecular flexibility index (Phi) is 13.4. The fourth-order valence-electron chi connectivity index (χ4n) is 3.24. The van der Waals surface area contributed by atoms with Gasteiger partial charge in [0.25, 0.3) is 0 Å². The largest absolute Gasteiger partial charge is 0.343 e. The van der Waals surface area contributed by atoms with Crippen LogP contribution in [0.5, 0.6) is 0 Å². The van der Waals surface area contributed by atoms with Crippen molar-refractivity contribution in [2.75, 3.05) is 12.4 Å². The van der Waals surface area contributed by atoms with Gasteiger partial charge in [-0.15, -0.1) is 5.10 Å². The molecule has 0 spiro atoms. The van der Waals surface area contributed by atoms with Crippen molar-refractivity contribution in [3.8, 4) is 0 Å². The van der Waals surface area contributed by atoms with E-state index in [2.05, 4.69) is 48.4 Å². The fourth-order valence-corrected chi connectivity index (χ4v) is 4.08. The van der Waals surface area contributed by atoms with Crippen molar-refractivity contribution in [3.05, 3.63) is 101 Å². The van der Waals surface area contributed by atoms with Crippen molar-refractivity contribution in [3.63, 3.8) is 0 Å². The summed E-state index contributed by atoms with van der Waals surface area (Å²) in [5.41, 5.74) is 4.75. The summed E-state index contributed by atoms with van der Waals surface area (Å²) in [6.07, 6.45) is 10.6. The lowest BCUT2D eigenvalue weighted by Gasteiger charge is -2.24. The van der Waals surface area contributed by atoms with Crippen molar-refractivity contribution in [1.29, 1.82) is 0 Å². The van der Waals surface area contributed by atoms with E-state index in [1.54, 1.807) is 17.8 Å². The Bertz CT molecular complexity index is 1000. The number of nitrogens with one attached hydrogen (secondary N) is 1. The zero-order chi connectivity index (χ0) is 26.4. The monoisotopic (exact) mass is 492 g/mol. The number of anilines is 1. The van der Waals surface area contributed by atoms with Crippen LogP contribution in [-0.2, 0) is 11.2 Å². The molecule has 0 aliphatic carbocycles. The normalized spacial score (nSPS) is 11.3. The van der Waals surface area contributed by atoms with Gasteiger partial charge in [-0.3, -0.25) is 4.79 Å². The molecule has 0 saturated carbocycles. The molecule has 1 N–H and O–H groups in total. The maximum Gasteiger partial charge on any atom is 0.229 e. The third-order valence-corrected chi connectivity index (χ3v) is 6.00. The molecule has 0 aromatic carbocycles. The third-order valence-electron chi connectivity index (χ3n) is 5.00. The highest BCUT2D eigenvalue weighted by molar-refractivity contribution is 8.06. The van der Waals surface area contributed by atoms with Crippen molar-refractivity contribution in [2.45, 2.75) is 59.3 Å². The van der Waals surface area contributed by atoms with Crippen LogP contribution in [-0.4, -0.2) is 28.1 Å². The quantitative estimate of drug-likeness (QED) is 0.189. The van der Waals surface area contributed by atoms with Gasteiger partial charge in [0.05, 0.1) is 10.7 Å². The number of amides is 1. The number of rotatable bonds is 16. The first kappa shape index (κ1) is 29.9. The molecule has 0 radical (unpaired) electrons. The molecular formula is C29H40N4OS. The summed E-state index contributed by atoms with van der Waals surface area (Å²) in [5, 5.41) is 12.1. The second kappa shape index (κ2) is 15.7. The van der Waals surface area contributed by atoms with Gasteiger partial charge in [0.2, 0.25) is 5.91 Å². The highest BCUT2D eigenvalue weighted by Gasteiger charge is 2.10. The van der Waals surface area contributed by atoms with Gasteiger partial charge in [0.1, 0.15) is 0 Å². The predicted octanol–water partition coefficient (Wildman–Crippen LogP) is 7.73. The molecule has 1 aromatic rings. The molecular weight excluding hydrogens is 452 g/mol. The lowest BCUT2D eigenvalue weighted by atomic mass is 10.1. The second-order valence-corrected chi connectivity index (χ2v) is 9.93. The minimum atomic E-state index is -0.114. The lowest BCUT2D eigenvalue weighted by molar-refractivity contribution is -0.115. The zero-order valence-corrected chi connectivity index (χ0v) is 22.6. The summed E-state index contributed by atoms with van der Waals surface area (Å²) in [4.78, 5) is 15.2. The van der Waals surface area contributed by atoms with Gasteiger partial charge in [-0.2, -0.15) is 5.10 Å². The van der Waals surface area contributed by atoms with Crippen LogP contribution in [0.15, 0.2) is 95.6 Å². The highest BCUT2D eigenvalue weighted by atomic mass is 32.2. The van der Waals surface area contributed by atoms with E-state index < -0.39 is 0 Å². The summed E-state index contributed by atoms with van der Waals surface area (Å²) in [5.74, 6) is 0.349. The van der Waals surface area contributed by atoms with Crippen LogP contribution in [0.1, 0.15) is 58.6 Å². The minimum Gasteiger partial charge on any atom is -0.343 e. The van der Waals surface area contributed by atoms with Crippen LogP contribution < -0.4 is 5.32 Å². The average Bonchev–Trinajstić information content (AvgIpc) is 2.76. The highest BCUT2D eigenvalue weighted by Crippen LogP contribution is 2.31. The predicted molar refractivity (Wildman–Crippen MR) is 153 cm³/mol. The van der Waals surface area contributed by atoms with Crippen molar-refractivity contribution in [2.24, 2.45) is 0 Å². The Labute approximate surface area is 216 Å². The second-order valence-electron chi connectivity index (χ2n) is 8.67. The Hall–Kier alpha value is -3.12. The van der Waals surface area contributed by atoms with Gasteiger partial charge in [-0.1, -0.05) is 74.0 Å². The van der Waals surface area contributed by atoms with Gasteiger partial charge >= 0.3 is 0 Å². The first-order chi connectivity index (χ1) is 16.5. The summed E-state index contributed by atoms with van der Waals surface area (Å²) in [6.45, 7) is 26.1. The zero-order valence-electron chi connectivity index (χ0n) is 21.8. The summed E-state index contributed by atoms with van der Waals surface area (Å²) in [7, 11) is 1.97. The SMILES string of the molecule is C=C(C)/C=C(\C)CC(=O)Nc1ccc(CCCCC(=C)SC(=C)N(C)C(=C)CC(=C)/C=C\C)nn1. The van der Waals surface area contributed by atoms with Gasteiger partial charge in [-0.05, 0) is 69.1 Å². The molecule has 0 aliphatic heterocycles. The summed E-state index contributed by atoms with van der Waals surface area (Å²) < 4.78 is 0. The van der Waals surface area contributed by atoms with E-state index in [0.717, 1.165) is 63.7 Å². The molecule has 5 nitrogen and oxygen atoms in total. The average molecular weight is 493 g/mol. The molecule has 0 bridgehead atoms. The number of nitrogens with zero attached hydrogens (tertiary/aromatic N) is 3. The van der Waals surface area contributed by atoms with E-state index in [4.69, 9.17) is 0 Å². The smallest absolute Gasteiger partial charge is 0.229 e. The molecule has 0 unspecified atom stereocenters. The van der Waals surface area contributed by atoms with Crippen LogP contribution in [0.2, 0.25) is 0 Å². The van der Waals surface area contributed by atoms with Crippen molar-refractivity contribution < 1.29 is 4.79 Å². The number of carbonyl (C=O) groups is 1. The molecule has 1 rings (SSSR count). The Morgan fingerprint density at radius 1 is 1.09 bits per heavy atom. The Morgan fingerprint density at radius 2 is 1.80 bits per heavy atom. The van der Waals surface area contributed by atoms with Gasteiger partial charge in [0, 0.05) is 25.6 Å². The molecule has 0 saturated heterocycles. The molecule has 6 heteroatoms. The van der Waals surface area contributed by atoms with Crippen molar-refractivity contribution >= 4 is 23.5 Å². The van der Waals surface area contributed by atoms with E-state index in [1.807, 2.05) is 57.0 Å². The maximum atomic E-state index is 12.1. The van der Waals surface area contributed by atoms with E-state index >= 15 is 0 Å². The first-order valence-electron chi connectivity index (χ1n) is 11.7. The van der Waals surface area contributed by atoms with Crippen LogP contribution in [0, 0.1) is 0 Å². The number of hydrogen-bond donors (Lipinski definition) is 1. The Balaban J connectivity index is 2.36. The molecule has 1 aromatic heterocycles. The van der Waals surface area contributed by atoms with Crippen LogP contribution in [0.3, 0.4) is 0 Å². The first-order valence-corrected chi connectivity index (χ1v) is 12.5. The molecule has 0 aliphatic rings. The van der Waals surface area contributed by atoms with Crippen molar-refractivity contribution in [1.82, 2.24) is 15.1 Å². The maximum absolute atomic E-state index is 12.1. The summed E-state index contributed by atoms with van der Waals surface area (Å²) in [6, 6.07) is 3.71. The van der Waals surface area contributed by atoms with Crippen LogP contribution in [0.4, 0.5) is 5.82 Å². The fraction of sp³-hybridized carbons (Fsp3) is 0.345. The topological polar surface area (TPSA) is 58.1 Å². The molecule has 0 atom stereocenters. The molecule has 0 fully saturated rings. The van der Waals surface area contributed by atoms with E-state index in [9.17, 15) is 4.79 Å². The number of aromatic nitrogens is 2. The lowest BCUT2D eigenvalue weighted by Crippen LogP contribution is -2.14. The van der Waals surface area contributed by atoms with E-state index in [-0.39, 0.29) is 5.91 Å². The number of thioether (sulfide) groups is 1. The number of carbonyl (C=O) groups excluding carboxylic acids is 1. The Morgan fingerprint density at radius 3 is 2.40 bits per heavy atom. The van der Waals surface area contributed by atoms with Crippen LogP contribution in [0.25, 0.3) is 0 Å². The molecule has 1 heterocycles. The van der Waals surface area contributed by atoms with E-state index in [0.29, 0.717) is 18.7 Å². The van der Waals surface area contributed by atoms with Crippen LogP contribution >= 0.6 is 11.8 Å². The summed E-state index contributed by atoms with van der Waals surface area (Å²) >= 11 is 1.59. The number of aryl methyl sites for hydroxylation is 1. The standard InChI is InChI=1S/C29H40N4OS/c1-10-13-22(4)19-24(6)33(9)26(8)35-25(7)14-11-12-15-27-16-17-28(32-31-27)30-29(34)20-23(5)18-21(2)3/h10,13,16-18H,2,4,6-8,11-12,14-15,19-20H2,1,3,5,9H3,(H,30,32,34)/b13-10-,23-18+. The van der Waals surface area contributed by atoms with Gasteiger partial charge < -0.3 is 10.2 Å². The van der Waals surface area contributed by atoms with Gasteiger partial charge in [0.15, 0.2) is 5.82 Å². The molecule has 188 valence electrons. The third kappa shape index (κ3) is 12.8. The number of allylic oxidation sites excluding steroid dienone is 6. The number of hydrogen-bond acceptors (Lipinski definition) is 5.